The van der Waals surface area contributed by atoms with Gasteiger partial charge in [0, 0.05) is 16.6 Å². The van der Waals surface area contributed by atoms with Crippen LogP contribution in [0.3, 0.4) is 0 Å². The second kappa shape index (κ2) is 8.29. The molecular formula is C18H17BrN2O2. The Morgan fingerprint density at radius 2 is 1.83 bits per heavy atom. The molecule has 0 bridgehead atoms. The summed E-state index contributed by atoms with van der Waals surface area (Å²) in [5.74, 6) is -0.653. The van der Waals surface area contributed by atoms with Gasteiger partial charge in [0.15, 0.2) is 0 Å². The standard InChI is InChI=1S/C18H17BrN2O2/c1-2-20-18(23)16(11-13-7-4-3-5-8-13)21-17(22)14-9-6-10-15(19)12-14/h3-12H,2H2,1H3,(H,20,23)(H,21,22)/b16-11-. The number of rotatable bonds is 5. The van der Waals surface area contributed by atoms with Gasteiger partial charge in [-0.25, -0.2) is 0 Å². The van der Waals surface area contributed by atoms with Crippen LogP contribution in [0.1, 0.15) is 22.8 Å². The molecule has 2 N–H and O–H groups in total. The highest BCUT2D eigenvalue weighted by Gasteiger charge is 2.14. The first kappa shape index (κ1) is 17.0. The van der Waals surface area contributed by atoms with Gasteiger partial charge in [-0.3, -0.25) is 9.59 Å². The summed E-state index contributed by atoms with van der Waals surface area (Å²) in [5.41, 5.74) is 1.52. The summed E-state index contributed by atoms with van der Waals surface area (Å²) in [7, 11) is 0. The fraction of sp³-hybridized carbons (Fsp3) is 0.111. The van der Waals surface area contributed by atoms with Crippen LogP contribution in [0.15, 0.2) is 64.8 Å². The van der Waals surface area contributed by atoms with Gasteiger partial charge in [0.05, 0.1) is 0 Å². The number of likely N-dealkylation sites (N-methyl/N-ethyl adjacent to an activating group) is 1. The summed E-state index contributed by atoms with van der Waals surface area (Å²) in [6.45, 7) is 2.31. The van der Waals surface area contributed by atoms with Crippen LogP contribution in [0, 0.1) is 0 Å². The van der Waals surface area contributed by atoms with Crippen molar-refractivity contribution in [3.8, 4) is 0 Å². The molecule has 0 aliphatic heterocycles. The molecule has 0 aliphatic rings. The average Bonchev–Trinajstić information content (AvgIpc) is 2.55. The zero-order chi connectivity index (χ0) is 16.7. The van der Waals surface area contributed by atoms with Crippen molar-refractivity contribution in [2.24, 2.45) is 0 Å². The highest BCUT2D eigenvalue weighted by Crippen LogP contribution is 2.12. The van der Waals surface area contributed by atoms with E-state index in [9.17, 15) is 9.59 Å². The number of hydrogen-bond acceptors (Lipinski definition) is 2. The molecular weight excluding hydrogens is 356 g/mol. The SMILES string of the molecule is CCNC(=O)/C(=C/c1ccccc1)NC(=O)c1cccc(Br)c1. The third-order valence-corrected chi connectivity index (χ3v) is 3.52. The molecule has 2 amide bonds. The Morgan fingerprint density at radius 1 is 1.09 bits per heavy atom. The number of carbonyl (C=O) groups is 2. The number of halogens is 1. The minimum absolute atomic E-state index is 0.211. The molecule has 0 aliphatic carbocycles. The number of amides is 2. The lowest BCUT2D eigenvalue weighted by atomic mass is 10.1. The Labute approximate surface area is 143 Å². The lowest BCUT2D eigenvalue weighted by Gasteiger charge is -2.10. The van der Waals surface area contributed by atoms with Gasteiger partial charge in [-0.15, -0.1) is 0 Å². The maximum Gasteiger partial charge on any atom is 0.267 e. The van der Waals surface area contributed by atoms with E-state index in [0.29, 0.717) is 12.1 Å². The van der Waals surface area contributed by atoms with Crippen LogP contribution in [-0.4, -0.2) is 18.4 Å². The van der Waals surface area contributed by atoms with Gasteiger partial charge in [0.25, 0.3) is 11.8 Å². The molecule has 0 saturated heterocycles. The quantitative estimate of drug-likeness (QED) is 0.790. The van der Waals surface area contributed by atoms with E-state index in [1.165, 1.54) is 0 Å². The summed E-state index contributed by atoms with van der Waals surface area (Å²) in [6, 6.07) is 16.4. The van der Waals surface area contributed by atoms with Gasteiger partial charge < -0.3 is 10.6 Å². The molecule has 2 aromatic rings. The van der Waals surface area contributed by atoms with Crippen molar-refractivity contribution >= 4 is 33.8 Å². The Kier molecular flexibility index (Phi) is 6.11. The number of benzene rings is 2. The van der Waals surface area contributed by atoms with Gasteiger partial charge in [-0.05, 0) is 36.8 Å². The van der Waals surface area contributed by atoms with Crippen molar-refractivity contribution in [3.63, 3.8) is 0 Å². The molecule has 0 fully saturated rings. The van der Waals surface area contributed by atoms with Crippen LogP contribution in [0.2, 0.25) is 0 Å². The topological polar surface area (TPSA) is 58.2 Å². The summed E-state index contributed by atoms with van der Waals surface area (Å²) in [5, 5.41) is 5.39. The Morgan fingerprint density at radius 3 is 2.48 bits per heavy atom. The van der Waals surface area contributed by atoms with E-state index in [4.69, 9.17) is 0 Å². The third kappa shape index (κ3) is 5.07. The minimum Gasteiger partial charge on any atom is -0.351 e. The predicted molar refractivity (Wildman–Crippen MR) is 94.7 cm³/mol. The second-order valence-electron chi connectivity index (χ2n) is 4.79. The Hall–Kier alpha value is -2.40. The molecule has 2 aromatic carbocycles. The molecule has 0 unspecified atom stereocenters. The second-order valence-corrected chi connectivity index (χ2v) is 5.71. The van der Waals surface area contributed by atoms with E-state index in [0.717, 1.165) is 10.0 Å². The lowest BCUT2D eigenvalue weighted by Crippen LogP contribution is -2.34. The largest absolute Gasteiger partial charge is 0.351 e. The number of nitrogens with one attached hydrogen (secondary N) is 2. The summed E-state index contributed by atoms with van der Waals surface area (Å²) >= 11 is 3.33. The third-order valence-electron chi connectivity index (χ3n) is 3.03. The van der Waals surface area contributed by atoms with Crippen molar-refractivity contribution in [2.75, 3.05) is 6.54 Å². The van der Waals surface area contributed by atoms with Gasteiger partial charge >= 0.3 is 0 Å². The molecule has 0 heterocycles. The van der Waals surface area contributed by atoms with Gasteiger partial charge in [-0.2, -0.15) is 0 Å². The Balaban J connectivity index is 2.26. The molecule has 0 aromatic heterocycles. The van der Waals surface area contributed by atoms with Gasteiger partial charge in [0.1, 0.15) is 5.70 Å². The highest BCUT2D eigenvalue weighted by molar-refractivity contribution is 9.10. The molecule has 0 atom stereocenters. The number of hydrogen-bond donors (Lipinski definition) is 2. The normalized spacial score (nSPS) is 11.0. The van der Waals surface area contributed by atoms with Crippen LogP contribution in [0.5, 0.6) is 0 Å². The fourth-order valence-corrected chi connectivity index (χ4v) is 2.35. The molecule has 5 heteroatoms. The fourth-order valence-electron chi connectivity index (χ4n) is 1.95. The first-order valence-corrected chi connectivity index (χ1v) is 8.01. The zero-order valence-corrected chi connectivity index (χ0v) is 14.3. The van der Waals surface area contributed by atoms with Crippen molar-refractivity contribution in [3.05, 3.63) is 75.9 Å². The van der Waals surface area contributed by atoms with Crippen LogP contribution >= 0.6 is 15.9 Å². The molecule has 0 saturated carbocycles. The van der Waals surface area contributed by atoms with Crippen LogP contribution in [0.25, 0.3) is 6.08 Å². The lowest BCUT2D eigenvalue weighted by molar-refractivity contribution is -0.117. The maximum absolute atomic E-state index is 12.4. The van der Waals surface area contributed by atoms with E-state index in [2.05, 4.69) is 26.6 Å². The smallest absolute Gasteiger partial charge is 0.267 e. The summed E-state index contributed by atoms with van der Waals surface area (Å²) in [4.78, 5) is 24.5. The highest BCUT2D eigenvalue weighted by atomic mass is 79.9. The summed E-state index contributed by atoms with van der Waals surface area (Å²) in [6.07, 6.45) is 1.65. The van der Waals surface area contributed by atoms with E-state index >= 15 is 0 Å². The molecule has 23 heavy (non-hydrogen) atoms. The van der Waals surface area contributed by atoms with Crippen molar-refractivity contribution in [2.45, 2.75) is 6.92 Å². The Bertz CT molecular complexity index is 727. The van der Waals surface area contributed by atoms with E-state index < -0.39 is 0 Å². The van der Waals surface area contributed by atoms with Crippen LogP contribution in [0.4, 0.5) is 0 Å². The van der Waals surface area contributed by atoms with E-state index in [-0.39, 0.29) is 17.5 Å². The molecule has 0 radical (unpaired) electrons. The number of carbonyl (C=O) groups excluding carboxylic acids is 2. The maximum atomic E-state index is 12.4. The van der Waals surface area contributed by atoms with Crippen molar-refractivity contribution < 1.29 is 9.59 Å². The molecule has 2 rings (SSSR count). The van der Waals surface area contributed by atoms with Gasteiger partial charge in [0.2, 0.25) is 0 Å². The predicted octanol–water partition coefficient (Wildman–Crippen LogP) is 3.36. The first-order chi connectivity index (χ1) is 11.1. The summed E-state index contributed by atoms with van der Waals surface area (Å²) < 4.78 is 0.803. The van der Waals surface area contributed by atoms with Crippen molar-refractivity contribution in [1.82, 2.24) is 10.6 Å². The van der Waals surface area contributed by atoms with Crippen molar-refractivity contribution in [1.29, 1.82) is 0 Å². The first-order valence-electron chi connectivity index (χ1n) is 7.22. The monoisotopic (exact) mass is 372 g/mol. The minimum atomic E-state index is -0.334. The molecule has 118 valence electrons. The van der Waals surface area contributed by atoms with Crippen LogP contribution in [-0.2, 0) is 4.79 Å². The van der Waals surface area contributed by atoms with Crippen LogP contribution < -0.4 is 10.6 Å². The van der Waals surface area contributed by atoms with Gasteiger partial charge in [-0.1, -0.05) is 52.3 Å². The van der Waals surface area contributed by atoms with E-state index in [1.54, 1.807) is 24.3 Å². The molecule has 0 spiro atoms. The molecule has 4 nitrogen and oxygen atoms in total. The van der Waals surface area contributed by atoms with E-state index in [1.807, 2.05) is 43.3 Å². The zero-order valence-electron chi connectivity index (χ0n) is 12.7. The average molecular weight is 373 g/mol.